The Labute approximate surface area is 257 Å². The number of fused-ring (bicyclic) bond motifs is 1. The molecule has 11 nitrogen and oxygen atoms in total. The van der Waals surface area contributed by atoms with Crippen molar-refractivity contribution in [3.63, 3.8) is 0 Å². The van der Waals surface area contributed by atoms with Crippen LogP contribution < -0.4 is 10.5 Å². The smallest absolute Gasteiger partial charge is 0.440 e. The van der Waals surface area contributed by atoms with Gasteiger partial charge in [0.05, 0.1) is 44.1 Å². The number of carbonyl (C=O) groups excluding carboxylic acids is 2. The zero-order chi connectivity index (χ0) is 32.7. The highest BCUT2D eigenvalue weighted by Gasteiger charge is 2.35. The van der Waals surface area contributed by atoms with Gasteiger partial charge in [-0.25, -0.2) is 9.59 Å². The van der Waals surface area contributed by atoms with Crippen molar-refractivity contribution in [1.29, 1.82) is 0 Å². The van der Waals surface area contributed by atoms with E-state index in [4.69, 9.17) is 28.4 Å². The molecular formula is C31H35F3N2O9. The van der Waals surface area contributed by atoms with Gasteiger partial charge in [-0.15, -0.1) is 0 Å². The maximum absolute atomic E-state index is 13.5. The third-order valence-electron chi connectivity index (χ3n) is 6.85. The van der Waals surface area contributed by atoms with Crippen LogP contribution in [0, 0.1) is 0 Å². The van der Waals surface area contributed by atoms with E-state index < -0.39 is 41.8 Å². The average Bonchev–Trinajstić information content (AvgIpc) is 3.37. The summed E-state index contributed by atoms with van der Waals surface area (Å²) in [5.41, 5.74) is -1.33. The summed E-state index contributed by atoms with van der Waals surface area (Å²) in [6.07, 6.45) is -8.03. The van der Waals surface area contributed by atoms with Gasteiger partial charge in [-0.2, -0.15) is 13.2 Å². The number of aromatic nitrogens is 1. The van der Waals surface area contributed by atoms with Gasteiger partial charge in [0.15, 0.2) is 6.10 Å². The minimum absolute atomic E-state index is 0.00912. The number of H-pyrrole nitrogens is 1. The number of alkyl halides is 3. The molecule has 4 rings (SSSR count). The first-order chi connectivity index (χ1) is 21.3. The van der Waals surface area contributed by atoms with E-state index >= 15 is 0 Å². The van der Waals surface area contributed by atoms with Crippen molar-refractivity contribution in [2.75, 3.05) is 45.0 Å². The predicted octanol–water partition coefficient (Wildman–Crippen LogP) is 5.54. The molecule has 1 aliphatic rings. The van der Waals surface area contributed by atoms with Crippen molar-refractivity contribution < 1.29 is 51.2 Å². The Morgan fingerprint density at radius 2 is 1.69 bits per heavy atom. The molecule has 0 bridgehead atoms. The minimum Gasteiger partial charge on any atom is -0.440 e. The number of methoxy groups -OCH3 is 1. The molecule has 0 aliphatic carbocycles. The molecule has 244 valence electrons. The Morgan fingerprint density at radius 3 is 2.40 bits per heavy atom. The molecule has 45 heavy (non-hydrogen) atoms. The monoisotopic (exact) mass is 636 g/mol. The van der Waals surface area contributed by atoms with Crippen molar-refractivity contribution in [2.45, 2.75) is 51.4 Å². The quantitative estimate of drug-likeness (QED) is 0.241. The van der Waals surface area contributed by atoms with Gasteiger partial charge in [0.25, 0.3) is 5.56 Å². The average molecular weight is 637 g/mol. The normalized spacial score (nSPS) is 17.2. The van der Waals surface area contributed by atoms with Crippen LogP contribution >= 0.6 is 0 Å². The van der Waals surface area contributed by atoms with Crippen LogP contribution in [0.15, 0.2) is 53.3 Å². The van der Waals surface area contributed by atoms with Crippen LogP contribution in [-0.4, -0.2) is 81.7 Å². The number of carbonyl (C=O) groups is 2. The summed E-state index contributed by atoms with van der Waals surface area (Å²) >= 11 is 0. The summed E-state index contributed by atoms with van der Waals surface area (Å²) in [7, 11) is 1.59. The van der Waals surface area contributed by atoms with E-state index in [2.05, 4.69) is 4.98 Å². The fourth-order valence-corrected chi connectivity index (χ4v) is 4.67. The molecule has 0 saturated carbocycles. The van der Waals surface area contributed by atoms with Crippen LogP contribution in [0.5, 0.6) is 0 Å². The van der Waals surface area contributed by atoms with E-state index in [1.165, 1.54) is 41.3 Å². The molecule has 3 aromatic rings. The van der Waals surface area contributed by atoms with E-state index in [-0.39, 0.29) is 48.6 Å². The van der Waals surface area contributed by atoms with Gasteiger partial charge >= 0.3 is 18.4 Å². The summed E-state index contributed by atoms with van der Waals surface area (Å²) in [5, 5.41) is 0.545. The Morgan fingerprint density at radius 1 is 1.00 bits per heavy atom. The molecule has 2 aromatic carbocycles. The van der Waals surface area contributed by atoms with Crippen molar-refractivity contribution in [3.05, 3.63) is 64.4 Å². The number of amides is 1. The topological polar surface area (TPSA) is 126 Å². The molecule has 0 spiro atoms. The van der Waals surface area contributed by atoms with Crippen LogP contribution in [0.25, 0.3) is 22.0 Å². The van der Waals surface area contributed by atoms with Crippen LogP contribution in [0.3, 0.4) is 0 Å². The Balaban J connectivity index is 1.31. The number of hydrogen-bond acceptors (Lipinski definition) is 9. The fourth-order valence-electron chi connectivity index (χ4n) is 4.67. The summed E-state index contributed by atoms with van der Waals surface area (Å²) in [6, 6.07) is 10.9. The van der Waals surface area contributed by atoms with Gasteiger partial charge in [-0.1, -0.05) is 24.3 Å². The van der Waals surface area contributed by atoms with E-state index in [0.29, 0.717) is 24.3 Å². The van der Waals surface area contributed by atoms with Crippen LogP contribution in [0.4, 0.5) is 28.4 Å². The van der Waals surface area contributed by atoms with Gasteiger partial charge in [-0.05, 0) is 50.4 Å². The lowest BCUT2D eigenvalue weighted by Gasteiger charge is -2.19. The van der Waals surface area contributed by atoms with Crippen molar-refractivity contribution in [3.8, 4) is 11.3 Å². The molecule has 1 aliphatic heterocycles. The number of benzene rings is 2. The number of nitrogens with zero attached hydrogens (tertiary/aromatic N) is 1. The lowest BCUT2D eigenvalue weighted by molar-refractivity contribution is -0.137. The number of rotatable bonds is 13. The van der Waals surface area contributed by atoms with Crippen LogP contribution in [0.1, 0.15) is 26.3 Å². The van der Waals surface area contributed by atoms with Crippen LogP contribution in [-0.2, 0) is 34.6 Å². The lowest BCUT2D eigenvalue weighted by Crippen LogP contribution is -2.29. The lowest BCUT2D eigenvalue weighted by atomic mass is 10.0. The highest BCUT2D eigenvalue weighted by atomic mass is 19.4. The Hall–Kier alpha value is -4.14. The summed E-state index contributed by atoms with van der Waals surface area (Å²) in [6.45, 7) is 6.00. The third kappa shape index (κ3) is 8.96. The second kappa shape index (κ2) is 14.8. The van der Waals surface area contributed by atoms with Gasteiger partial charge in [0, 0.05) is 29.4 Å². The highest BCUT2D eigenvalue weighted by molar-refractivity contribution is 5.94. The second-order valence-corrected chi connectivity index (χ2v) is 10.7. The maximum Gasteiger partial charge on any atom is 0.508 e. The summed E-state index contributed by atoms with van der Waals surface area (Å²) in [4.78, 5) is 41.5. The predicted molar refractivity (Wildman–Crippen MR) is 157 cm³/mol. The standard InChI is InChI=1S/C31H35F3N2O9/c1-18(14-40-4)41-15-19(2)42-16-20(3)44-30(39)43-17-23-13-36(29(38)45-23)22-10-9-21-11-27(35-28(37)25(21)12-22)24-7-5-6-8-26(24)31(32,33)34/h5-12,18-20,23H,13-17H2,1-4H3,(H,35,37)/t18?,19?,20?,23-/m0/s1. The van der Waals surface area contributed by atoms with Crippen LogP contribution in [0.2, 0.25) is 0 Å². The molecule has 3 unspecified atom stereocenters. The van der Waals surface area contributed by atoms with Gasteiger partial charge in [0.2, 0.25) is 0 Å². The number of cyclic esters (lactones) is 1. The SMILES string of the molecule is COCC(C)OCC(C)OCC(C)OC(=O)OC[C@@H]1CN(c2ccc3cc(-c4ccccc4C(F)(F)F)[nH]c(=O)c3c2)C(=O)O1. The molecular weight excluding hydrogens is 601 g/mol. The maximum atomic E-state index is 13.5. The molecule has 1 N–H and O–H groups in total. The largest absolute Gasteiger partial charge is 0.508 e. The van der Waals surface area contributed by atoms with Gasteiger partial charge < -0.3 is 33.4 Å². The molecule has 1 saturated heterocycles. The first-order valence-corrected chi connectivity index (χ1v) is 14.2. The molecule has 2 heterocycles. The third-order valence-corrected chi connectivity index (χ3v) is 6.85. The van der Waals surface area contributed by atoms with E-state index in [1.807, 2.05) is 13.8 Å². The number of anilines is 1. The van der Waals surface area contributed by atoms with E-state index in [0.717, 1.165) is 6.07 Å². The van der Waals surface area contributed by atoms with Gasteiger partial charge in [0.1, 0.15) is 12.7 Å². The molecule has 1 aromatic heterocycles. The molecule has 14 heteroatoms. The van der Waals surface area contributed by atoms with Crippen molar-refractivity contribution in [2.24, 2.45) is 0 Å². The van der Waals surface area contributed by atoms with E-state index in [1.54, 1.807) is 20.1 Å². The van der Waals surface area contributed by atoms with Crippen molar-refractivity contribution in [1.82, 2.24) is 4.98 Å². The number of halogens is 3. The van der Waals surface area contributed by atoms with Crippen molar-refractivity contribution >= 4 is 28.7 Å². The minimum atomic E-state index is -4.61. The highest BCUT2D eigenvalue weighted by Crippen LogP contribution is 2.36. The van der Waals surface area contributed by atoms with Gasteiger partial charge in [-0.3, -0.25) is 9.69 Å². The first-order valence-electron chi connectivity index (χ1n) is 14.2. The summed E-state index contributed by atoms with van der Waals surface area (Å²) < 4.78 is 72.4. The zero-order valence-electron chi connectivity index (χ0n) is 25.2. The molecule has 1 amide bonds. The number of hydrogen-bond donors (Lipinski definition) is 1. The zero-order valence-corrected chi connectivity index (χ0v) is 25.2. The Bertz CT molecular complexity index is 1540. The molecule has 1 fully saturated rings. The number of aromatic amines is 1. The second-order valence-electron chi connectivity index (χ2n) is 10.7. The summed E-state index contributed by atoms with van der Waals surface area (Å²) in [5.74, 6) is 0. The number of nitrogens with one attached hydrogen (secondary N) is 1. The number of pyridine rings is 1. The number of ether oxygens (including phenoxy) is 6. The molecule has 4 atom stereocenters. The van der Waals surface area contributed by atoms with E-state index in [9.17, 15) is 27.6 Å². The first kappa shape index (κ1) is 33.7. The Kier molecular flexibility index (Phi) is 11.1. The fraction of sp³-hybridized carbons (Fsp3) is 0.452. The molecule has 0 radical (unpaired) electrons.